The van der Waals surface area contributed by atoms with E-state index >= 15 is 0 Å². The van der Waals surface area contributed by atoms with E-state index in [1.807, 2.05) is 0 Å². The van der Waals surface area contributed by atoms with Crippen LogP contribution in [0.25, 0.3) is 0 Å². The molecule has 0 heterocycles. The lowest BCUT2D eigenvalue weighted by molar-refractivity contribution is -0.115. The molecule has 4 aromatic carbocycles. The monoisotopic (exact) mass is 1010 g/mol. The van der Waals surface area contributed by atoms with Crippen molar-refractivity contribution in [2.24, 2.45) is 0 Å². The maximum atomic E-state index is 10.4. The predicted molar refractivity (Wildman–Crippen MR) is 241 cm³/mol. The first-order valence-electron chi connectivity index (χ1n) is 19.1. The molecule has 4 aliphatic rings. The highest BCUT2D eigenvalue weighted by Crippen LogP contribution is 2.68. The lowest BCUT2D eigenvalue weighted by Gasteiger charge is -2.32. The predicted octanol–water partition coefficient (Wildman–Crippen LogP) is 13.7. The second kappa shape index (κ2) is 14.4. The number of phenols is 2. The SMILES string of the molecule is CC(C)=O.CC1(C)CC2(CC(C)(C)c3ccc(O)c(Br)c32)c2c1ccc(O)c2Br.COc1ccc2c(c1Br)C1(CC2(C)C)CC(C)(C)c2ccc(OC)c(Br)c21. The summed E-state index contributed by atoms with van der Waals surface area (Å²) in [5.74, 6) is 2.52. The van der Waals surface area contributed by atoms with Gasteiger partial charge in [0.25, 0.3) is 0 Å². The highest BCUT2D eigenvalue weighted by atomic mass is 79.9. The first-order chi connectivity index (χ1) is 25.8. The molecule has 4 aromatic rings. The standard InChI is InChI=1S/C23H26Br2O2.C21H22Br2O2.C3H6O/c1-21(2)11-23(17-13(21)7-9-15(26-5)19(17)24)12-22(3,4)14-8-10-16(27-6)20(25)18(14)23;1-19(2)9-21(15-11(19)5-7-13(24)17(15)22)10-20(3,4)12-6-8-14(25)18(23)16(12)21;1-3(2)4/h7-10H,11-12H2,1-6H3;5-8,24-25H,9-10H2,1-4H3;1-2H3. The summed E-state index contributed by atoms with van der Waals surface area (Å²) in [5.41, 5.74) is 10.4. The molecule has 0 bridgehead atoms. The summed E-state index contributed by atoms with van der Waals surface area (Å²) in [6.07, 6.45) is 4.05. The number of fused-ring (bicyclic) bond motifs is 8. The van der Waals surface area contributed by atoms with E-state index < -0.39 is 0 Å². The number of benzene rings is 4. The molecule has 0 unspecified atom stereocenters. The molecule has 300 valence electrons. The third-order valence-electron chi connectivity index (χ3n) is 12.7. The molecule has 2 N–H and O–H groups in total. The molecule has 0 fully saturated rings. The van der Waals surface area contributed by atoms with Gasteiger partial charge in [-0.05, 0) is 194 Å². The van der Waals surface area contributed by atoms with Gasteiger partial charge in [0.2, 0.25) is 0 Å². The largest absolute Gasteiger partial charge is 0.507 e. The van der Waals surface area contributed by atoms with Gasteiger partial charge >= 0.3 is 0 Å². The molecular weight excluding hydrogens is 964 g/mol. The van der Waals surface area contributed by atoms with E-state index in [-0.39, 0.29) is 49.8 Å². The molecule has 56 heavy (non-hydrogen) atoms. The van der Waals surface area contributed by atoms with Crippen molar-refractivity contribution in [3.05, 3.63) is 111 Å². The molecule has 0 saturated heterocycles. The van der Waals surface area contributed by atoms with Crippen LogP contribution in [-0.4, -0.2) is 30.2 Å². The molecule has 5 nitrogen and oxygen atoms in total. The Bertz CT molecular complexity index is 2110. The quantitative estimate of drug-likeness (QED) is 0.209. The Hall–Kier alpha value is -2.33. The van der Waals surface area contributed by atoms with Crippen LogP contribution in [0.1, 0.15) is 139 Å². The molecule has 0 radical (unpaired) electrons. The number of halogens is 4. The van der Waals surface area contributed by atoms with Gasteiger partial charge in [-0.1, -0.05) is 79.7 Å². The van der Waals surface area contributed by atoms with Crippen LogP contribution in [0.3, 0.4) is 0 Å². The van der Waals surface area contributed by atoms with Gasteiger partial charge in [-0.3, -0.25) is 0 Å². The molecule has 0 aliphatic heterocycles. The number of hydrogen-bond acceptors (Lipinski definition) is 5. The van der Waals surface area contributed by atoms with E-state index in [1.165, 1.54) is 58.4 Å². The molecular formula is C47H54Br4O5. The summed E-state index contributed by atoms with van der Waals surface area (Å²) in [6, 6.07) is 16.4. The van der Waals surface area contributed by atoms with Crippen molar-refractivity contribution >= 4 is 69.5 Å². The number of phenolic OH excluding ortho intramolecular Hbond substituents is 2. The molecule has 0 saturated carbocycles. The van der Waals surface area contributed by atoms with Crippen LogP contribution in [0.5, 0.6) is 23.0 Å². The van der Waals surface area contributed by atoms with Gasteiger partial charge in [0.05, 0.1) is 32.1 Å². The van der Waals surface area contributed by atoms with Gasteiger partial charge in [0.1, 0.15) is 28.8 Å². The summed E-state index contributed by atoms with van der Waals surface area (Å²) >= 11 is 15.2. The molecule has 9 heteroatoms. The maximum absolute atomic E-state index is 10.4. The van der Waals surface area contributed by atoms with Crippen molar-refractivity contribution in [3.8, 4) is 23.0 Å². The van der Waals surface area contributed by atoms with Crippen molar-refractivity contribution in [2.45, 2.75) is 127 Å². The third-order valence-corrected chi connectivity index (χ3v) is 15.9. The van der Waals surface area contributed by atoms with E-state index in [0.29, 0.717) is 0 Å². The Balaban J connectivity index is 0.000000174. The van der Waals surface area contributed by atoms with Crippen LogP contribution in [0, 0.1) is 0 Å². The van der Waals surface area contributed by atoms with Crippen LogP contribution in [0.2, 0.25) is 0 Å². The van der Waals surface area contributed by atoms with E-state index in [2.05, 4.69) is 156 Å². The fraction of sp³-hybridized carbons (Fsp3) is 0.468. The zero-order valence-corrected chi connectivity index (χ0v) is 40.9. The van der Waals surface area contributed by atoms with Crippen LogP contribution < -0.4 is 9.47 Å². The van der Waals surface area contributed by atoms with Crippen molar-refractivity contribution in [2.75, 3.05) is 14.2 Å². The van der Waals surface area contributed by atoms with E-state index in [1.54, 1.807) is 26.4 Å². The number of hydrogen-bond donors (Lipinski definition) is 2. The van der Waals surface area contributed by atoms with Gasteiger partial charge in [-0.2, -0.15) is 0 Å². The molecule has 8 rings (SSSR count). The van der Waals surface area contributed by atoms with Crippen molar-refractivity contribution in [1.82, 2.24) is 0 Å². The zero-order valence-electron chi connectivity index (χ0n) is 34.6. The second-order valence-electron chi connectivity index (χ2n) is 19.0. The number of carbonyl (C=O) groups is 1. The van der Waals surface area contributed by atoms with Gasteiger partial charge in [0, 0.05) is 10.8 Å². The highest BCUT2D eigenvalue weighted by Gasteiger charge is 2.60. The average molecular weight is 1020 g/mol. The topological polar surface area (TPSA) is 76.0 Å². The van der Waals surface area contributed by atoms with E-state index in [9.17, 15) is 15.0 Å². The first kappa shape index (κ1) is 43.3. The fourth-order valence-electron chi connectivity index (χ4n) is 11.2. The Morgan fingerprint density at radius 1 is 0.482 bits per heavy atom. The molecule has 0 amide bonds. The lowest BCUT2D eigenvalue weighted by atomic mass is 9.72. The van der Waals surface area contributed by atoms with Gasteiger partial charge < -0.3 is 24.5 Å². The van der Waals surface area contributed by atoms with Crippen molar-refractivity contribution < 1.29 is 24.5 Å². The van der Waals surface area contributed by atoms with Gasteiger partial charge in [-0.25, -0.2) is 0 Å². The third kappa shape index (κ3) is 6.61. The molecule has 0 atom stereocenters. The number of Topliss-reactive ketones (excluding diaryl/α,β-unsaturated/α-hetero) is 1. The minimum absolute atomic E-state index is 0.00581. The smallest absolute Gasteiger partial charge is 0.133 e. The maximum Gasteiger partial charge on any atom is 0.133 e. The minimum atomic E-state index is -0.229. The molecule has 2 spiro atoms. The van der Waals surface area contributed by atoms with Crippen molar-refractivity contribution in [3.63, 3.8) is 0 Å². The van der Waals surface area contributed by atoms with Gasteiger partial charge in [0.15, 0.2) is 0 Å². The minimum Gasteiger partial charge on any atom is -0.507 e. The molecule has 4 aliphatic carbocycles. The Morgan fingerprint density at radius 2 is 0.714 bits per heavy atom. The number of ether oxygens (including phenoxy) is 2. The number of rotatable bonds is 2. The number of ketones is 1. The summed E-state index contributed by atoms with van der Waals surface area (Å²) < 4.78 is 15.1. The fourth-order valence-corrected chi connectivity index (χ4v) is 14.4. The Labute approximate surface area is 366 Å². The van der Waals surface area contributed by atoms with E-state index in [0.717, 1.165) is 55.1 Å². The Kier molecular flexibility index (Phi) is 11.2. The molecule has 0 aromatic heterocycles. The summed E-state index contributed by atoms with van der Waals surface area (Å²) in [6.45, 7) is 21.6. The van der Waals surface area contributed by atoms with Crippen LogP contribution >= 0.6 is 63.7 Å². The zero-order chi connectivity index (χ0) is 41.7. The first-order valence-corrected chi connectivity index (χ1v) is 22.3. The number of methoxy groups -OCH3 is 2. The summed E-state index contributed by atoms with van der Waals surface area (Å²) in [4.78, 5) is 9.44. The lowest BCUT2D eigenvalue weighted by Crippen LogP contribution is -2.27. The van der Waals surface area contributed by atoms with Crippen LogP contribution in [0.4, 0.5) is 0 Å². The van der Waals surface area contributed by atoms with Crippen LogP contribution in [0.15, 0.2) is 66.4 Å². The van der Waals surface area contributed by atoms with E-state index in [4.69, 9.17) is 9.47 Å². The normalized spacial score (nSPS) is 19.9. The summed E-state index contributed by atoms with van der Waals surface area (Å²) in [7, 11) is 3.48. The Morgan fingerprint density at radius 3 is 0.964 bits per heavy atom. The van der Waals surface area contributed by atoms with Crippen LogP contribution in [-0.2, 0) is 37.3 Å². The second-order valence-corrected chi connectivity index (χ2v) is 22.1. The highest BCUT2D eigenvalue weighted by molar-refractivity contribution is 9.11. The average Bonchev–Trinajstić information content (AvgIpc) is 3.65. The number of carbonyl (C=O) groups excluding carboxylic acids is 1. The summed E-state index contributed by atoms with van der Waals surface area (Å²) in [5, 5.41) is 20.8. The van der Waals surface area contributed by atoms with Crippen molar-refractivity contribution in [1.29, 1.82) is 0 Å². The number of aromatic hydroxyl groups is 2. The van der Waals surface area contributed by atoms with Gasteiger partial charge in [-0.15, -0.1) is 0 Å².